The molecule has 1 saturated heterocycles. The number of hydrogen-bond donors (Lipinski definition) is 1. The molecule has 3 aliphatic rings. The van der Waals surface area contributed by atoms with E-state index in [1.54, 1.807) is 0 Å². The van der Waals surface area contributed by atoms with Crippen molar-refractivity contribution in [2.24, 2.45) is 5.41 Å². The van der Waals surface area contributed by atoms with Gasteiger partial charge in [-0.3, -0.25) is 0 Å². The van der Waals surface area contributed by atoms with E-state index in [0.717, 1.165) is 57.0 Å². The number of aliphatic hydroxyl groups is 1. The third-order valence-corrected chi connectivity index (χ3v) is 5.64. The van der Waals surface area contributed by atoms with Crippen LogP contribution in [0.3, 0.4) is 0 Å². The van der Waals surface area contributed by atoms with Crippen LogP contribution in [0, 0.1) is 5.41 Å². The van der Waals surface area contributed by atoms with Crippen LogP contribution in [0.5, 0.6) is 0 Å². The van der Waals surface area contributed by atoms with Crippen molar-refractivity contribution in [3.63, 3.8) is 0 Å². The number of hydrogen-bond acceptors (Lipinski definition) is 5. The lowest BCUT2D eigenvalue weighted by molar-refractivity contribution is 0.0405. The molecule has 20 heavy (non-hydrogen) atoms. The first-order chi connectivity index (χ1) is 9.77. The topological polar surface area (TPSA) is 62.4 Å². The minimum Gasteiger partial charge on any atom is -0.392 e. The molecule has 0 aromatic carbocycles. The standard InChI is InChI=1S/C15H23N3O2/c19-12-6-2-7-15(12)8-3-9-18(10-15)14-16-13(20-17-14)11-4-1-5-11/h11-12,19H,1-10H2/t12-,15-/m1/s1. The minimum absolute atomic E-state index is 0.0789. The summed E-state index contributed by atoms with van der Waals surface area (Å²) in [5, 5.41) is 14.5. The lowest BCUT2D eigenvalue weighted by atomic mass is 9.77. The van der Waals surface area contributed by atoms with Crippen molar-refractivity contribution in [3.8, 4) is 0 Å². The van der Waals surface area contributed by atoms with Gasteiger partial charge in [0.25, 0.3) is 5.95 Å². The summed E-state index contributed by atoms with van der Waals surface area (Å²) in [4.78, 5) is 6.83. The molecule has 5 nitrogen and oxygen atoms in total. The van der Waals surface area contributed by atoms with Gasteiger partial charge in [0, 0.05) is 24.4 Å². The lowest BCUT2D eigenvalue weighted by Crippen LogP contribution is -2.47. The Labute approximate surface area is 119 Å². The summed E-state index contributed by atoms with van der Waals surface area (Å²) in [6.07, 6.45) is 8.99. The molecule has 1 aliphatic heterocycles. The zero-order valence-corrected chi connectivity index (χ0v) is 11.9. The van der Waals surface area contributed by atoms with Gasteiger partial charge in [0.05, 0.1) is 6.10 Å². The third kappa shape index (κ3) is 1.94. The van der Waals surface area contributed by atoms with Crippen LogP contribution in [0.1, 0.15) is 63.2 Å². The second kappa shape index (κ2) is 4.72. The van der Waals surface area contributed by atoms with Crippen molar-refractivity contribution >= 4 is 5.95 Å². The van der Waals surface area contributed by atoms with Crippen molar-refractivity contribution in [3.05, 3.63) is 5.89 Å². The van der Waals surface area contributed by atoms with E-state index in [0.29, 0.717) is 5.92 Å². The molecule has 3 fully saturated rings. The van der Waals surface area contributed by atoms with Gasteiger partial charge in [0.1, 0.15) is 0 Å². The number of nitrogens with zero attached hydrogens (tertiary/aromatic N) is 3. The molecule has 1 spiro atoms. The molecule has 110 valence electrons. The molecule has 2 atom stereocenters. The number of rotatable bonds is 2. The number of aromatic nitrogens is 2. The minimum atomic E-state index is -0.150. The Balaban J connectivity index is 1.51. The molecule has 0 radical (unpaired) electrons. The van der Waals surface area contributed by atoms with Crippen molar-refractivity contribution < 1.29 is 9.63 Å². The molecule has 1 N–H and O–H groups in total. The molecule has 0 unspecified atom stereocenters. The molecular weight excluding hydrogens is 254 g/mol. The average Bonchev–Trinajstić information content (AvgIpc) is 2.98. The van der Waals surface area contributed by atoms with Crippen LogP contribution in [0.15, 0.2) is 4.52 Å². The van der Waals surface area contributed by atoms with E-state index in [1.807, 2.05) is 0 Å². The number of anilines is 1. The Kier molecular flexibility index (Phi) is 2.98. The van der Waals surface area contributed by atoms with Gasteiger partial charge < -0.3 is 14.5 Å². The predicted octanol–water partition coefficient (Wildman–Crippen LogP) is 2.47. The number of piperidine rings is 1. The highest BCUT2D eigenvalue weighted by Gasteiger charge is 2.45. The van der Waals surface area contributed by atoms with Crippen molar-refractivity contribution in [1.29, 1.82) is 0 Å². The van der Waals surface area contributed by atoms with Gasteiger partial charge in [-0.05, 0) is 43.7 Å². The first-order valence-corrected chi connectivity index (χ1v) is 8.03. The lowest BCUT2D eigenvalue weighted by Gasteiger charge is -2.42. The Hall–Kier alpha value is -1.10. The van der Waals surface area contributed by atoms with Crippen LogP contribution in [0.25, 0.3) is 0 Å². The second-order valence-corrected chi connectivity index (χ2v) is 6.86. The van der Waals surface area contributed by atoms with Gasteiger partial charge >= 0.3 is 0 Å². The largest absolute Gasteiger partial charge is 0.392 e. The molecule has 2 heterocycles. The first kappa shape index (κ1) is 12.6. The molecule has 5 heteroatoms. The predicted molar refractivity (Wildman–Crippen MR) is 74.6 cm³/mol. The van der Waals surface area contributed by atoms with Gasteiger partial charge in [0.2, 0.25) is 5.89 Å². The Morgan fingerprint density at radius 3 is 2.70 bits per heavy atom. The molecule has 0 bridgehead atoms. The van der Waals surface area contributed by atoms with Crippen LogP contribution in [-0.4, -0.2) is 34.4 Å². The van der Waals surface area contributed by atoms with Crippen LogP contribution in [0.2, 0.25) is 0 Å². The molecule has 1 aromatic heterocycles. The first-order valence-electron chi connectivity index (χ1n) is 8.03. The van der Waals surface area contributed by atoms with E-state index >= 15 is 0 Å². The normalized spacial score (nSPS) is 34.6. The maximum atomic E-state index is 10.3. The van der Waals surface area contributed by atoms with E-state index in [2.05, 4.69) is 15.0 Å². The van der Waals surface area contributed by atoms with Crippen molar-refractivity contribution in [2.45, 2.75) is 63.4 Å². The smallest absolute Gasteiger partial charge is 0.266 e. The summed E-state index contributed by atoms with van der Waals surface area (Å²) in [6, 6.07) is 0. The SMILES string of the molecule is O[C@@H]1CCC[C@]12CCCN(c1noc(C3CCC3)n1)C2. The highest BCUT2D eigenvalue weighted by atomic mass is 16.5. The average molecular weight is 277 g/mol. The summed E-state index contributed by atoms with van der Waals surface area (Å²) in [5.74, 6) is 2.05. The fourth-order valence-electron chi connectivity index (χ4n) is 4.10. The monoisotopic (exact) mass is 277 g/mol. The molecule has 1 aromatic rings. The summed E-state index contributed by atoms with van der Waals surface area (Å²) >= 11 is 0. The Morgan fingerprint density at radius 1 is 1.15 bits per heavy atom. The molecular formula is C15H23N3O2. The van der Waals surface area contributed by atoms with Crippen molar-refractivity contribution in [1.82, 2.24) is 10.1 Å². The van der Waals surface area contributed by atoms with Crippen LogP contribution in [-0.2, 0) is 0 Å². The summed E-state index contributed by atoms with van der Waals surface area (Å²) in [6.45, 7) is 1.87. The van der Waals surface area contributed by atoms with E-state index in [1.165, 1.54) is 19.3 Å². The maximum absolute atomic E-state index is 10.3. The zero-order valence-electron chi connectivity index (χ0n) is 11.9. The summed E-state index contributed by atoms with van der Waals surface area (Å²) < 4.78 is 5.43. The van der Waals surface area contributed by atoms with E-state index in [9.17, 15) is 5.11 Å². The number of aliphatic hydroxyl groups excluding tert-OH is 1. The molecule has 0 amide bonds. The Morgan fingerprint density at radius 2 is 2.00 bits per heavy atom. The van der Waals surface area contributed by atoms with Gasteiger partial charge in [-0.25, -0.2) is 0 Å². The quantitative estimate of drug-likeness (QED) is 0.899. The fraction of sp³-hybridized carbons (Fsp3) is 0.867. The zero-order chi connectivity index (χ0) is 13.6. The van der Waals surface area contributed by atoms with Crippen LogP contribution in [0.4, 0.5) is 5.95 Å². The fourth-order valence-corrected chi connectivity index (χ4v) is 4.10. The van der Waals surface area contributed by atoms with Gasteiger partial charge in [-0.2, -0.15) is 4.98 Å². The van der Waals surface area contributed by atoms with Gasteiger partial charge in [-0.15, -0.1) is 0 Å². The van der Waals surface area contributed by atoms with Gasteiger partial charge in [0.15, 0.2) is 0 Å². The van der Waals surface area contributed by atoms with Gasteiger partial charge in [-0.1, -0.05) is 12.8 Å². The Bertz CT molecular complexity index is 485. The summed E-state index contributed by atoms with van der Waals surface area (Å²) in [5.41, 5.74) is 0.0789. The second-order valence-electron chi connectivity index (χ2n) is 6.86. The highest BCUT2D eigenvalue weighted by molar-refractivity contribution is 5.31. The van der Waals surface area contributed by atoms with E-state index in [-0.39, 0.29) is 11.5 Å². The maximum Gasteiger partial charge on any atom is 0.266 e. The van der Waals surface area contributed by atoms with E-state index < -0.39 is 0 Å². The van der Waals surface area contributed by atoms with Crippen LogP contribution < -0.4 is 4.90 Å². The van der Waals surface area contributed by atoms with E-state index in [4.69, 9.17) is 4.52 Å². The molecule has 2 aliphatic carbocycles. The third-order valence-electron chi connectivity index (χ3n) is 5.64. The summed E-state index contributed by atoms with van der Waals surface area (Å²) in [7, 11) is 0. The molecule has 2 saturated carbocycles. The molecule has 4 rings (SSSR count). The van der Waals surface area contributed by atoms with Crippen LogP contribution >= 0.6 is 0 Å². The van der Waals surface area contributed by atoms with Crippen molar-refractivity contribution in [2.75, 3.05) is 18.0 Å². The highest BCUT2D eigenvalue weighted by Crippen LogP contribution is 2.45.